The van der Waals surface area contributed by atoms with Crippen LogP contribution in [-0.2, 0) is 0 Å². The summed E-state index contributed by atoms with van der Waals surface area (Å²) in [5.41, 5.74) is 1.11. The van der Waals surface area contributed by atoms with Gasteiger partial charge in [-0.25, -0.2) is 0 Å². The molecule has 0 saturated carbocycles. The van der Waals surface area contributed by atoms with Crippen LogP contribution < -0.4 is 5.32 Å². The number of benzene rings is 1. The molecule has 0 heterocycles. The van der Waals surface area contributed by atoms with Crippen molar-refractivity contribution in [1.29, 1.82) is 0 Å². The topological polar surface area (TPSA) is 32.3 Å². The third-order valence-corrected chi connectivity index (χ3v) is 4.11. The standard InChI is InChI=1S/C14H23NOS/c1-11-6-5-7-13(8-11)17-12(2)9-14(3,10-16)15-4/h5-8,12,15-16H,9-10H2,1-4H3. The monoisotopic (exact) mass is 253 g/mol. The molecule has 0 aliphatic heterocycles. The molecule has 96 valence electrons. The summed E-state index contributed by atoms with van der Waals surface area (Å²) in [7, 11) is 1.90. The zero-order chi connectivity index (χ0) is 12.9. The number of aliphatic hydroxyl groups is 1. The maximum Gasteiger partial charge on any atom is 0.0610 e. The molecule has 0 saturated heterocycles. The smallest absolute Gasteiger partial charge is 0.0610 e. The van der Waals surface area contributed by atoms with Crippen molar-refractivity contribution >= 4 is 11.8 Å². The lowest BCUT2D eigenvalue weighted by atomic mass is 9.97. The zero-order valence-corrected chi connectivity index (χ0v) is 12.0. The summed E-state index contributed by atoms with van der Waals surface area (Å²) in [6.45, 7) is 6.54. The molecule has 0 aliphatic rings. The maximum atomic E-state index is 9.37. The lowest BCUT2D eigenvalue weighted by Gasteiger charge is -2.29. The summed E-state index contributed by atoms with van der Waals surface area (Å²) in [5.74, 6) is 0. The molecule has 0 spiro atoms. The van der Waals surface area contributed by atoms with Crippen LogP contribution in [0.2, 0.25) is 0 Å². The first-order chi connectivity index (χ1) is 7.99. The lowest BCUT2D eigenvalue weighted by Crippen LogP contribution is -2.45. The number of aliphatic hydroxyl groups excluding tert-OH is 1. The van der Waals surface area contributed by atoms with Crippen LogP contribution in [0.1, 0.15) is 25.8 Å². The fourth-order valence-corrected chi connectivity index (χ4v) is 3.17. The molecule has 0 bridgehead atoms. The Hall–Kier alpha value is -0.510. The van der Waals surface area contributed by atoms with Crippen molar-refractivity contribution in [3.8, 4) is 0 Å². The van der Waals surface area contributed by atoms with Gasteiger partial charge in [0.25, 0.3) is 0 Å². The highest BCUT2D eigenvalue weighted by Crippen LogP contribution is 2.28. The largest absolute Gasteiger partial charge is 0.394 e. The van der Waals surface area contributed by atoms with Crippen LogP contribution in [-0.4, -0.2) is 29.5 Å². The van der Waals surface area contributed by atoms with Crippen molar-refractivity contribution in [1.82, 2.24) is 5.32 Å². The Balaban J connectivity index is 2.58. The summed E-state index contributed by atoms with van der Waals surface area (Å²) >= 11 is 1.86. The summed E-state index contributed by atoms with van der Waals surface area (Å²) < 4.78 is 0. The number of aryl methyl sites for hydroxylation is 1. The second kappa shape index (κ2) is 6.43. The van der Waals surface area contributed by atoms with Crippen LogP contribution in [0, 0.1) is 6.92 Å². The summed E-state index contributed by atoms with van der Waals surface area (Å²) in [5, 5.41) is 13.0. The highest BCUT2D eigenvalue weighted by molar-refractivity contribution is 7.99. The molecule has 1 aromatic carbocycles. The molecular formula is C14H23NOS. The Labute approximate surface area is 109 Å². The van der Waals surface area contributed by atoms with Gasteiger partial charge in [0.1, 0.15) is 0 Å². The van der Waals surface area contributed by atoms with Gasteiger partial charge in [0, 0.05) is 15.7 Å². The highest BCUT2D eigenvalue weighted by Gasteiger charge is 2.24. The van der Waals surface area contributed by atoms with E-state index in [0.717, 1.165) is 6.42 Å². The van der Waals surface area contributed by atoms with Gasteiger partial charge in [0.05, 0.1) is 6.61 Å². The van der Waals surface area contributed by atoms with Gasteiger partial charge in [-0.15, -0.1) is 11.8 Å². The first kappa shape index (κ1) is 14.6. The van der Waals surface area contributed by atoms with E-state index >= 15 is 0 Å². The zero-order valence-electron chi connectivity index (χ0n) is 11.2. The van der Waals surface area contributed by atoms with E-state index in [2.05, 4.69) is 50.4 Å². The number of nitrogens with one attached hydrogen (secondary N) is 1. The number of thioether (sulfide) groups is 1. The molecule has 2 N–H and O–H groups in total. The summed E-state index contributed by atoms with van der Waals surface area (Å²) in [6.07, 6.45) is 0.943. The quantitative estimate of drug-likeness (QED) is 0.765. The van der Waals surface area contributed by atoms with Gasteiger partial charge < -0.3 is 10.4 Å². The Morgan fingerprint density at radius 1 is 1.47 bits per heavy atom. The lowest BCUT2D eigenvalue weighted by molar-refractivity contribution is 0.174. The fourth-order valence-electron chi connectivity index (χ4n) is 1.84. The van der Waals surface area contributed by atoms with Gasteiger partial charge in [-0.2, -0.15) is 0 Å². The van der Waals surface area contributed by atoms with Crippen molar-refractivity contribution in [3.05, 3.63) is 29.8 Å². The molecule has 2 unspecified atom stereocenters. The van der Waals surface area contributed by atoms with E-state index in [1.54, 1.807) is 0 Å². The van der Waals surface area contributed by atoms with Gasteiger partial charge >= 0.3 is 0 Å². The fraction of sp³-hybridized carbons (Fsp3) is 0.571. The molecule has 1 rings (SSSR count). The van der Waals surface area contributed by atoms with Gasteiger partial charge in [-0.1, -0.05) is 24.6 Å². The summed E-state index contributed by atoms with van der Waals surface area (Å²) in [4.78, 5) is 1.30. The third-order valence-electron chi connectivity index (χ3n) is 3.02. The number of hydrogen-bond donors (Lipinski definition) is 2. The van der Waals surface area contributed by atoms with Gasteiger partial charge in [-0.3, -0.25) is 0 Å². The average molecular weight is 253 g/mol. The van der Waals surface area contributed by atoms with E-state index in [4.69, 9.17) is 0 Å². The van der Waals surface area contributed by atoms with Crippen LogP contribution in [0.5, 0.6) is 0 Å². The van der Waals surface area contributed by atoms with Gasteiger partial charge in [-0.05, 0) is 39.4 Å². The van der Waals surface area contributed by atoms with Crippen molar-refractivity contribution in [3.63, 3.8) is 0 Å². The van der Waals surface area contributed by atoms with Gasteiger partial charge in [0.2, 0.25) is 0 Å². The van der Waals surface area contributed by atoms with Crippen molar-refractivity contribution < 1.29 is 5.11 Å². The van der Waals surface area contributed by atoms with Crippen LogP contribution in [0.25, 0.3) is 0 Å². The molecule has 0 amide bonds. The number of hydrogen-bond acceptors (Lipinski definition) is 3. The van der Waals surface area contributed by atoms with E-state index in [0.29, 0.717) is 5.25 Å². The molecule has 0 radical (unpaired) electrons. The van der Waals surface area contributed by atoms with Crippen LogP contribution >= 0.6 is 11.8 Å². The first-order valence-electron chi connectivity index (χ1n) is 6.02. The van der Waals surface area contributed by atoms with Crippen molar-refractivity contribution in [2.75, 3.05) is 13.7 Å². The minimum atomic E-state index is -0.184. The first-order valence-corrected chi connectivity index (χ1v) is 6.90. The molecule has 3 heteroatoms. The van der Waals surface area contributed by atoms with Crippen LogP contribution in [0.3, 0.4) is 0 Å². The molecule has 0 fully saturated rings. The Morgan fingerprint density at radius 2 is 2.18 bits per heavy atom. The predicted molar refractivity (Wildman–Crippen MR) is 75.7 cm³/mol. The molecule has 1 aromatic rings. The van der Waals surface area contributed by atoms with Crippen LogP contribution in [0.4, 0.5) is 0 Å². The van der Waals surface area contributed by atoms with Crippen LogP contribution in [0.15, 0.2) is 29.2 Å². The van der Waals surface area contributed by atoms with Crippen molar-refractivity contribution in [2.24, 2.45) is 0 Å². The normalized spacial score (nSPS) is 16.5. The van der Waals surface area contributed by atoms with E-state index in [1.807, 2.05) is 18.8 Å². The Morgan fingerprint density at radius 3 is 2.71 bits per heavy atom. The summed E-state index contributed by atoms with van der Waals surface area (Å²) in [6, 6.07) is 8.55. The highest BCUT2D eigenvalue weighted by atomic mass is 32.2. The Bertz CT molecular complexity index is 350. The third kappa shape index (κ3) is 4.70. The average Bonchev–Trinajstić information content (AvgIpc) is 2.28. The number of likely N-dealkylation sites (N-methyl/N-ethyl adjacent to an activating group) is 1. The Kier molecular flexibility index (Phi) is 5.50. The molecule has 0 aromatic heterocycles. The van der Waals surface area contributed by atoms with E-state index in [9.17, 15) is 5.11 Å². The molecule has 17 heavy (non-hydrogen) atoms. The second-order valence-electron chi connectivity index (χ2n) is 4.92. The molecule has 2 atom stereocenters. The minimum Gasteiger partial charge on any atom is -0.394 e. The minimum absolute atomic E-state index is 0.169. The SMILES string of the molecule is CNC(C)(CO)CC(C)Sc1cccc(C)c1. The molecule has 2 nitrogen and oxygen atoms in total. The van der Waals surface area contributed by atoms with Crippen molar-refractivity contribution in [2.45, 2.75) is 42.9 Å². The number of rotatable bonds is 6. The molecular weight excluding hydrogens is 230 g/mol. The van der Waals surface area contributed by atoms with E-state index in [-0.39, 0.29) is 12.1 Å². The second-order valence-corrected chi connectivity index (χ2v) is 6.43. The predicted octanol–water partition coefficient (Wildman–Crippen LogP) is 2.84. The molecule has 0 aliphatic carbocycles. The maximum absolute atomic E-state index is 9.37. The van der Waals surface area contributed by atoms with E-state index in [1.165, 1.54) is 10.5 Å². The van der Waals surface area contributed by atoms with Gasteiger partial charge in [0.15, 0.2) is 0 Å². The van der Waals surface area contributed by atoms with E-state index < -0.39 is 0 Å².